The molecule has 0 saturated carbocycles. The zero-order chi connectivity index (χ0) is 18.8. The Hall–Kier alpha value is -3.92. The number of primary amides is 1. The quantitative estimate of drug-likeness (QED) is 0.648. The minimum absolute atomic E-state index is 0.107. The summed E-state index contributed by atoms with van der Waals surface area (Å²) in [7, 11) is 0. The van der Waals surface area contributed by atoms with Gasteiger partial charge in [-0.05, 0) is 42.8 Å². The van der Waals surface area contributed by atoms with E-state index in [2.05, 4.69) is 5.32 Å². The van der Waals surface area contributed by atoms with E-state index in [0.29, 0.717) is 22.7 Å². The fourth-order valence-corrected chi connectivity index (χ4v) is 2.54. The van der Waals surface area contributed by atoms with Crippen LogP contribution >= 0.6 is 0 Å². The highest BCUT2D eigenvalue weighted by Crippen LogP contribution is 2.26. The van der Waals surface area contributed by atoms with Crippen LogP contribution in [-0.4, -0.2) is 17.7 Å². The standard InChI is InChI=1S/C19H13N3O4/c1-10-14(18(24)22-19(25)15(10)9-20)8-13-6-7-16(26-13)11-2-4-12(5-3-11)17(21)23/h2-8H,1H3,(H2,21,23)(H,22,24,25)/b14-8-. The van der Waals surface area contributed by atoms with Crippen molar-refractivity contribution < 1.29 is 18.8 Å². The summed E-state index contributed by atoms with van der Waals surface area (Å²) in [4.78, 5) is 34.8. The molecule has 7 nitrogen and oxygen atoms in total. The average molecular weight is 347 g/mol. The Morgan fingerprint density at radius 3 is 2.46 bits per heavy atom. The molecule has 2 aromatic rings. The summed E-state index contributed by atoms with van der Waals surface area (Å²) in [5.41, 5.74) is 6.70. The Labute approximate surface area is 148 Å². The van der Waals surface area contributed by atoms with Gasteiger partial charge in [0, 0.05) is 16.7 Å². The molecule has 0 radical (unpaired) electrons. The first-order valence-electron chi connectivity index (χ1n) is 7.59. The number of benzene rings is 1. The van der Waals surface area contributed by atoms with Crippen LogP contribution in [0, 0.1) is 11.3 Å². The van der Waals surface area contributed by atoms with Crippen molar-refractivity contribution in [2.45, 2.75) is 6.92 Å². The summed E-state index contributed by atoms with van der Waals surface area (Å²) in [5, 5.41) is 11.2. The van der Waals surface area contributed by atoms with Gasteiger partial charge in [-0.3, -0.25) is 19.7 Å². The molecule has 1 aliphatic rings. The van der Waals surface area contributed by atoms with Gasteiger partial charge in [0.05, 0.1) is 0 Å². The Morgan fingerprint density at radius 2 is 1.85 bits per heavy atom. The van der Waals surface area contributed by atoms with Crippen molar-refractivity contribution in [3.8, 4) is 17.4 Å². The van der Waals surface area contributed by atoms with E-state index in [1.165, 1.54) is 13.0 Å². The second-order valence-electron chi connectivity index (χ2n) is 5.60. The molecule has 1 aromatic heterocycles. The molecule has 0 aliphatic carbocycles. The van der Waals surface area contributed by atoms with Crippen molar-refractivity contribution in [1.29, 1.82) is 5.26 Å². The summed E-state index contributed by atoms with van der Waals surface area (Å²) in [6, 6.07) is 11.7. The number of furan rings is 1. The maximum Gasteiger partial charge on any atom is 0.269 e. The van der Waals surface area contributed by atoms with Crippen LogP contribution in [0.3, 0.4) is 0 Å². The Kier molecular flexibility index (Phi) is 4.25. The van der Waals surface area contributed by atoms with Gasteiger partial charge in [0.1, 0.15) is 23.2 Å². The fourth-order valence-electron chi connectivity index (χ4n) is 2.54. The molecule has 1 aromatic carbocycles. The molecule has 7 heteroatoms. The normalized spacial score (nSPS) is 15.8. The molecule has 0 saturated heterocycles. The molecule has 2 heterocycles. The van der Waals surface area contributed by atoms with Crippen molar-refractivity contribution in [2.24, 2.45) is 5.73 Å². The average Bonchev–Trinajstić information content (AvgIpc) is 3.07. The Morgan fingerprint density at radius 1 is 1.15 bits per heavy atom. The molecular formula is C19H13N3O4. The van der Waals surface area contributed by atoms with Crippen LogP contribution in [0.2, 0.25) is 0 Å². The first kappa shape index (κ1) is 16.9. The van der Waals surface area contributed by atoms with E-state index < -0.39 is 17.7 Å². The second-order valence-corrected chi connectivity index (χ2v) is 5.60. The number of nitrogens with one attached hydrogen (secondary N) is 1. The molecule has 0 fully saturated rings. The van der Waals surface area contributed by atoms with Crippen molar-refractivity contribution in [1.82, 2.24) is 5.32 Å². The highest BCUT2D eigenvalue weighted by Gasteiger charge is 2.27. The minimum atomic E-state index is -0.707. The second kappa shape index (κ2) is 6.53. The number of carbonyl (C=O) groups is 3. The Balaban J connectivity index is 1.95. The lowest BCUT2D eigenvalue weighted by Crippen LogP contribution is -2.37. The number of carbonyl (C=O) groups excluding carboxylic acids is 3. The van der Waals surface area contributed by atoms with Crippen LogP contribution in [0.4, 0.5) is 0 Å². The van der Waals surface area contributed by atoms with E-state index in [9.17, 15) is 14.4 Å². The number of hydrogen-bond donors (Lipinski definition) is 2. The zero-order valence-corrected chi connectivity index (χ0v) is 13.7. The summed E-state index contributed by atoms with van der Waals surface area (Å²) in [6.45, 7) is 1.54. The number of rotatable bonds is 3. The van der Waals surface area contributed by atoms with Gasteiger partial charge in [0.15, 0.2) is 0 Å². The fraction of sp³-hybridized carbons (Fsp3) is 0.0526. The van der Waals surface area contributed by atoms with Crippen molar-refractivity contribution in [3.05, 3.63) is 64.4 Å². The third-order valence-electron chi connectivity index (χ3n) is 3.96. The molecule has 3 rings (SSSR count). The summed E-state index contributed by atoms with van der Waals surface area (Å²) in [5.74, 6) is -0.899. The highest BCUT2D eigenvalue weighted by molar-refractivity contribution is 6.19. The number of nitrogens with zero attached hydrogens (tertiary/aromatic N) is 1. The van der Waals surface area contributed by atoms with Gasteiger partial charge in [0.2, 0.25) is 5.91 Å². The van der Waals surface area contributed by atoms with Gasteiger partial charge in [0.25, 0.3) is 11.8 Å². The smallest absolute Gasteiger partial charge is 0.269 e. The number of hydrogen-bond acceptors (Lipinski definition) is 5. The van der Waals surface area contributed by atoms with E-state index in [0.717, 1.165) is 5.56 Å². The molecule has 0 unspecified atom stereocenters. The lowest BCUT2D eigenvalue weighted by atomic mass is 9.96. The SMILES string of the molecule is CC1=C(C#N)C(=O)NC(=O)/C1=C\c1ccc(-c2ccc(C(N)=O)cc2)o1. The van der Waals surface area contributed by atoms with Gasteiger partial charge < -0.3 is 10.2 Å². The minimum Gasteiger partial charge on any atom is -0.457 e. The Bertz CT molecular complexity index is 1030. The zero-order valence-electron chi connectivity index (χ0n) is 13.7. The first-order valence-corrected chi connectivity index (χ1v) is 7.59. The van der Waals surface area contributed by atoms with Crippen LogP contribution < -0.4 is 11.1 Å². The molecule has 128 valence electrons. The largest absolute Gasteiger partial charge is 0.457 e. The van der Waals surface area contributed by atoms with E-state index >= 15 is 0 Å². The van der Waals surface area contributed by atoms with Gasteiger partial charge in [-0.15, -0.1) is 0 Å². The van der Waals surface area contributed by atoms with E-state index in [1.807, 2.05) is 0 Å². The number of amides is 3. The molecule has 1 aliphatic heterocycles. The lowest BCUT2D eigenvalue weighted by Gasteiger charge is -2.15. The predicted octanol–water partition coefficient (Wildman–Crippen LogP) is 1.93. The first-order chi connectivity index (χ1) is 12.4. The van der Waals surface area contributed by atoms with E-state index in [1.54, 1.807) is 42.5 Å². The van der Waals surface area contributed by atoms with Crippen LogP contribution in [0.1, 0.15) is 23.0 Å². The van der Waals surface area contributed by atoms with Gasteiger partial charge in [-0.25, -0.2) is 0 Å². The van der Waals surface area contributed by atoms with Gasteiger partial charge in [-0.1, -0.05) is 12.1 Å². The van der Waals surface area contributed by atoms with Crippen LogP contribution in [0.15, 0.2) is 57.5 Å². The molecule has 3 N–H and O–H groups in total. The molecule has 0 atom stereocenters. The number of nitrogens with two attached hydrogens (primary N) is 1. The van der Waals surface area contributed by atoms with E-state index in [-0.39, 0.29) is 11.1 Å². The molecular weight excluding hydrogens is 334 g/mol. The third kappa shape index (κ3) is 3.03. The molecule has 0 bridgehead atoms. The van der Waals surface area contributed by atoms with Gasteiger partial charge in [-0.2, -0.15) is 5.26 Å². The number of nitriles is 1. The van der Waals surface area contributed by atoms with Crippen LogP contribution in [0.25, 0.3) is 17.4 Å². The maximum atomic E-state index is 12.0. The van der Waals surface area contributed by atoms with Gasteiger partial charge >= 0.3 is 0 Å². The highest BCUT2D eigenvalue weighted by atomic mass is 16.3. The third-order valence-corrected chi connectivity index (χ3v) is 3.96. The summed E-state index contributed by atoms with van der Waals surface area (Å²) in [6.07, 6.45) is 1.47. The summed E-state index contributed by atoms with van der Waals surface area (Å²) >= 11 is 0. The lowest BCUT2D eigenvalue weighted by molar-refractivity contribution is -0.126. The predicted molar refractivity (Wildman–Crippen MR) is 92.1 cm³/mol. The molecule has 3 amide bonds. The maximum absolute atomic E-state index is 12.0. The van der Waals surface area contributed by atoms with Crippen molar-refractivity contribution >= 4 is 23.8 Å². The van der Waals surface area contributed by atoms with Crippen molar-refractivity contribution in [3.63, 3.8) is 0 Å². The number of imide groups is 1. The topological polar surface area (TPSA) is 126 Å². The van der Waals surface area contributed by atoms with Crippen LogP contribution in [-0.2, 0) is 9.59 Å². The van der Waals surface area contributed by atoms with Crippen LogP contribution in [0.5, 0.6) is 0 Å². The monoisotopic (exact) mass is 347 g/mol. The van der Waals surface area contributed by atoms with E-state index in [4.69, 9.17) is 15.4 Å². The summed E-state index contributed by atoms with van der Waals surface area (Å²) < 4.78 is 5.70. The molecule has 26 heavy (non-hydrogen) atoms. The molecule has 0 spiro atoms. The van der Waals surface area contributed by atoms with Crippen molar-refractivity contribution in [2.75, 3.05) is 0 Å².